The number of piperazine rings is 2. The van der Waals surface area contributed by atoms with Crippen LogP contribution in [0.2, 0.25) is 0 Å². The van der Waals surface area contributed by atoms with Gasteiger partial charge in [0, 0.05) is 63.6 Å². The first-order valence-corrected chi connectivity index (χ1v) is 12.3. The maximum absolute atomic E-state index is 14.9. The molecule has 0 saturated carbocycles. The molecule has 4 amide bonds. The molecule has 2 aromatic carbocycles. The Morgan fingerprint density at radius 2 is 1.49 bits per heavy atom. The fourth-order valence-electron chi connectivity index (χ4n) is 4.37. The predicted molar refractivity (Wildman–Crippen MR) is 135 cm³/mol. The number of carbonyl (C=O) groups excluding carboxylic acids is 3. The molecule has 4 rings (SSSR count). The SMILES string of the molecule is CC(C)OC(=O)N1CCN(c2ccc(NC(=O)N3CCN(C(=O)c4cccc(F)c4)CC3)cc2F)CC1. The van der Waals surface area contributed by atoms with Gasteiger partial charge in [0.15, 0.2) is 0 Å². The standard InChI is InChI=1S/C26H31F2N5O4/c1-18(2)37-26(36)33-14-8-30(9-15-33)23-7-6-21(17-22(23)28)29-25(35)32-12-10-31(11-13-32)24(34)19-4-3-5-20(27)16-19/h3-7,16-18H,8-15H2,1-2H3,(H,29,35). The van der Waals surface area contributed by atoms with Crippen LogP contribution in [0.3, 0.4) is 0 Å². The maximum Gasteiger partial charge on any atom is 0.410 e. The third-order valence-corrected chi connectivity index (χ3v) is 6.34. The Morgan fingerprint density at radius 3 is 2.11 bits per heavy atom. The quantitative estimate of drug-likeness (QED) is 0.673. The number of ether oxygens (including phenoxy) is 1. The molecule has 198 valence electrons. The third-order valence-electron chi connectivity index (χ3n) is 6.34. The van der Waals surface area contributed by atoms with Gasteiger partial charge in [0.05, 0.1) is 11.8 Å². The molecule has 2 saturated heterocycles. The van der Waals surface area contributed by atoms with Crippen LogP contribution in [0, 0.1) is 11.6 Å². The van der Waals surface area contributed by atoms with Crippen LogP contribution < -0.4 is 10.2 Å². The highest BCUT2D eigenvalue weighted by atomic mass is 19.1. The van der Waals surface area contributed by atoms with Crippen molar-refractivity contribution in [2.24, 2.45) is 0 Å². The van der Waals surface area contributed by atoms with Crippen LogP contribution in [0.25, 0.3) is 0 Å². The lowest BCUT2D eigenvalue weighted by Gasteiger charge is -2.36. The average Bonchev–Trinajstić information content (AvgIpc) is 2.88. The van der Waals surface area contributed by atoms with E-state index < -0.39 is 11.6 Å². The molecule has 0 spiro atoms. The normalized spacial score (nSPS) is 16.1. The molecule has 0 atom stereocenters. The number of urea groups is 1. The third kappa shape index (κ3) is 6.46. The summed E-state index contributed by atoms with van der Waals surface area (Å²) in [6.45, 7) is 6.60. The van der Waals surface area contributed by atoms with Crippen molar-refractivity contribution in [2.45, 2.75) is 20.0 Å². The molecule has 37 heavy (non-hydrogen) atoms. The van der Waals surface area contributed by atoms with Crippen molar-refractivity contribution >= 4 is 29.4 Å². The van der Waals surface area contributed by atoms with E-state index >= 15 is 0 Å². The van der Waals surface area contributed by atoms with Crippen molar-refractivity contribution in [3.8, 4) is 0 Å². The fourth-order valence-corrected chi connectivity index (χ4v) is 4.37. The predicted octanol–water partition coefficient (Wildman–Crippen LogP) is 3.62. The summed E-state index contributed by atoms with van der Waals surface area (Å²) in [5.74, 6) is -1.23. The highest BCUT2D eigenvalue weighted by Crippen LogP contribution is 2.25. The van der Waals surface area contributed by atoms with Crippen molar-refractivity contribution in [3.63, 3.8) is 0 Å². The number of benzene rings is 2. The zero-order valence-electron chi connectivity index (χ0n) is 21.0. The first-order valence-electron chi connectivity index (χ1n) is 12.3. The van der Waals surface area contributed by atoms with E-state index in [2.05, 4.69) is 5.32 Å². The molecular weight excluding hydrogens is 484 g/mol. The highest BCUT2D eigenvalue weighted by molar-refractivity contribution is 5.94. The van der Waals surface area contributed by atoms with E-state index in [-0.39, 0.29) is 29.7 Å². The van der Waals surface area contributed by atoms with Crippen molar-refractivity contribution in [1.82, 2.24) is 14.7 Å². The Hall–Kier alpha value is -3.89. The van der Waals surface area contributed by atoms with Gasteiger partial charge < -0.3 is 29.7 Å². The number of nitrogens with one attached hydrogen (secondary N) is 1. The molecule has 9 nitrogen and oxygen atoms in total. The van der Waals surface area contributed by atoms with Crippen LogP contribution in [0.5, 0.6) is 0 Å². The molecule has 0 radical (unpaired) electrons. The van der Waals surface area contributed by atoms with Gasteiger partial charge in [0.25, 0.3) is 5.91 Å². The summed E-state index contributed by atoms with van der Waals surface area (Å²) < 4.78 is 33.5. The largest absolute Gasteiger partial charge is 0.447 e. The topological polar surface area (TPSA) is 85.4 Å². The monoisotopic (exact) mass is 515 g/mol. The molecule has 1 N–H and O–H groups in total. The number of rotatable bonds is 4. The summed E-state index contributed by atoms with van der Waals surface area (Å²) in [6.07, 6.45) is -0.565. The van der Waals surface area contributed by atoms with Gasteiger partial charge in [-0.25, -0.2) is 18.4 Å². The first-order chi connectivity index (χ1) is 17.7. The van der Waals surface area contributed by atoms with E-state index in [1.165, 1.54) is 24.3 Å². The van der Waals surface area contributed by atoms with Gasteiger partial charge in [-0.15, -0.1) is 0 Å². The molecule has 2 aliphatic heterocycles. The van der Waals surface area contributed by atoms with Gasteiger partial charge >= 0.3 is 12.1 Å². The second-order valence-electron chi connectivity index (χ2n) is 9.29. The smallest absolute Gasteiger partial charge is 0.410 e. The number of halogens is 2. The lowest BCUT2D eigenvalue weighted by atomic mass is 10.2. The molecular formula is C26H31F2N5O4. The molecule has 0 unspecified atom stereocenters. The lowest BCUT2D eigenvalue weighted by Crippen LogP contribution is -2.51. The van der Waals surface area contributed by atoms with Crippen molar-refractivity contribution in [3.05, 3.63) is 59.7 Å². The lowest BCUT2D eigenvalue weighted by molar-refractivity contribution is 0.0670. The van der Waals surface area contributed by atoms with Crippen molar-refractivity contribution in [1.29, 1.82) is 0 Å². The van der Waals surface area contributed by atoms with E-state index in [0.29, 0.717) is 63.7 Å². The highest BCUT2D eigenvalue weighted by Gasteiger charge is 2.27. The van der Waals surface area contributed by atoms with E-state index in [1.807, 2.05) is 4.90 Å². The molecule has 2 fully saturated rings. The molecule has 2 aromatic rings. The number of hydrogen-bond donors (Lipinski definition) is 1. The molecule has 11 heteroatoms. The number of anilines is 2. The van der Waals surface area contributed by atoms with Gasteiger partial charge in [-0.1, -0.05) is 6.07 Å². The summed E-state index contributed by atoms with van der Waals surface area (Å²) in [5, 5.41) is 2.71. The minimum atomic E-state index is -0.476. The second-order valence-corrected chi connectivity index (χ2v) is 9.29. The number of carbonyl (C=O) groups is 3. The summed E-state index contributed by atoms with van der Waals surface area (Å²) in [6, 6.07) is 9.66. The average molecular weight is 516 g/mol. The summed E-state index contributed by atoms with van der Waals surface area (Å²) in [7, 11) is 0. The Labute approximate surface area is 214 Å². The Bertz CT molecular complexity index is 1150. The first kappa shape index (κ1) is 26.2. The van der Waals surface area contributed by atoms with Crippen LogP contribution in [-0.2, 0) is 4.74 Å². The second kappa shape index (κ2) is 11.4. The number of hydrogen-bond acceptors (Lipinski definition) is 5. The molecule has 2 heterocycles. The molecule has 0 bridgehead atoms. The van der Waals surface area contributed by atoms with Crippen molar-refractivity contribution in [2.75, 3.05) is 62.6 Å². The molecule has 0 aromatic heterocycles. The van der Waals surface area contributed by atoms with E-state index in [4.69, 9.17) is 4.74 Å². The van der Waals surface area contributed by atoms with Gasteiger partial charge in [0.2, 0.25) is 0 Å². The van der Waals surface area contributed by atoms with E-state index in [1.54, 1.807) is 46.7 Å². The Balaban J connectivity index is 1.27. The van der Waals surface area contributed by atoms with Crippen LogP contribution in [-0.4, -0.2) is 91.2 Å². The zero-order valence-corrected chi connectivity index (χ0v) is 21.0. The Morgan fingerprint density at radius 1 is 0.838 bits per heavy atom. The zero-order chi connectivity index (χ0) is 26.5. The molecule has 2 aliphatic rings. The number of nitrogens with zero attached hydrogens (tertiary/aromatic N) is 4. The van der Waals surface area contributed by atoms with Crippen LogP contribution in [0.1, 0.15) is 24.2 Å². The van der Waals surface area contributed by atoms with Gasteiger partial charge in [-0.05, 0) is 50.2 Å². The van der Waals surface area contributed by atoms with E-state index in [0.717, 1.165) is 0 Å². The van der Waals surface area contributed by atoms with Gasteiger partial charge in [-0.3, -0.25) is 4.79 Å². The minimum Gasteiger partial charge on any atom is -0.447 e. The fraction of sp³-hybridized carbons (Fsp3) is 0.423. The van der Waals surface area contributed by atoms with E-state index in [9.17, 15) is 23.2 Å². The van der Waals surface area contributed by atoms with Crippen molar-refractivity contribution < 1.29 is 27.9 Å². The van der Waals surface area contributed by atoms with Crippen LogP contribution >= 0.6 is 0 Å². The number of amides is 4. The van der Waals surface area contributed by atoms with Gasteiger partial charge in [0.1, 0.15) is 11.6 Å². The Kier molecular flexibility index (Phi) is 8.10. The summed E-state index contributed by atoms with van der Waals surface area (Å²) in [4.78, 5) is 43.9. The molecule has 0 aliphatic carbocycles. The maximum atomic E-state index is 14.9. The summed E-state index contributed by atoms with van der Waals surface area (Å²) in [5.41, 5.74) is 0.994. The minimum absolute atomic E-state index is 0.197. The van der Waals surface area contributed by atoms with Gasteiger partial charge in [-0.2, -0.15) is 0 Å². The van der Waals surface area contributed by atoms with Crippen LogP contribution in [0.4, 0.5) is 29.7 Å². The summed E-state index contributed by atoms with van der Waals surface area (Å²) >= 11 is 0. The van der Waals surface area contributed by atoms with Crippen LogP contribution in [0.15, 0.2) is 42.5 Å².